The molecule has 0 aromatic heterocycles. The van der Waals surface area contributed by atoms with Crippen molar-refractivity contribution < 1.29 is 19.1 Å². The molecule has 112 valence electrons. The van der Waals surface area contributed by atoms with E-state index in [1.165, 1.54) is 36.4 Å². The summed E-state index contributed by atoms with van der Waals surface area (Å²) in [5.74, 6) is -2.05. The maximum Gasteiger partial charge on any atom is 0.330 e. The molecule has 2 aromatic carbocycles. The van der Waals surface area contributed by atoms with E-state index in [0.29, 0.717) is 11.1 Å². The highest BCUT2D eigenvalue weighted by atomic mass is 19.1. The van der Waals surface area contributed by atoms with Gasteiger partial charge < -0.3 is 10.4 Å². The number of halogens is 1. The van der Waals surface area contributed by atoms with Gasteiger partial charge in [0.05, 0.1) is 0 Å². The SMILES string of the molecule is O=C(/C=C/c1ccc(F)cc1)NC(C(=O)O)c1ccccc1. The van der Waals surface area contributed by atoms with Crippen molar-refractivity contribution in [2.24, 2.45) is 0 Å². The third-order valence-corrected chi connectivity index (χ3v) is 2.96. The number of aliphatic carboxylic acids is 1. The van der Waals surface area contributed by atoms with Gasteiger partial charge in [-0.15, -0.1) is 0 Å². The van der Waals surface area contributed by atoms with Crippen LogP contribution in [-0.2, 0) is 9.59 Å². The molecule has 0 aliphatic heterocycles. The molecule has 0 aliphatic rings. The number of carboxylic acids is 1. The Morgan fingerprint density at radius 3 is 2.27 bits per heavy atom. The number of rotatable bonds is 5. The topological polar surface area (TPSA) is 66.4 Å². The number of carbonyl (C=O) groups is 2. The second-order valence-electron chi connectivity index (χ2n) is 4.58. The van der Waals surface area contributed by atoms with Crippen molar-refractivity contribution in [2.45, 2.75) is 6.04 Å². The first-order valence-electron chi connectivity index (χ1n) is 6.58. The molecular weight excluding hydrogens is 285 g/mol. The van der Waals surface area contributed by atoms with E-state index in [4.69, 9.17) is 0 Å². The lowest BCUT2D eigenvalue weighted by atomic mass is 10.1. The monoisotopic (exact) mass is 299 g/mol. The first kappa shape index (κ1) is 15.4. The Bertz CT molecular complexity index is 681. The maximum atomic E-state index is 12.8. The highest BCUT2D eigenvalue weighted by Crippen LogP contribution is 2.13. The van der Waals surface area contributed by atoms with E-state index < -0.39 is 17.9 Å². The number of amides is 1. The zero-order chi connectivity index (χ0) is 15.9. The van der Waals surface area contributed by atoms with E-state index in [9.17, 15) is 19.1 Å². The molecule has 0 heterocycles. The van der Waals surface area contributed by atoms with E-state index >= 15 is 0 Å². The van der Waals surface area contributed by atoms with Crippen LogP contribution in [0.5, 0.6) is 0 Å². The molecule has 1 unspecified atom stereocenters. The molecule has 0 bridgehead atoms. The first-order valence-corrected chi connectivity index (χ1v) is 6.58. The Morgan fingerprint density at radius 2 is 1.68 bits per heavy atom. The van der Waals surface area contributed by atoms with Gasteiger partial charge in [0.2, 0.25) is 5.91 Å². The minimum Gasteiger partial charge on any atom is -0.479 e. The second kappa shape index (κ2) is 7.17. The zero-order valence-electron chi connectivity index (χ0n) is 11.6. The van der Waals surface area contributed by atoms with E-state index in [1.807, 2.05) is 0 Å². The van der Waals surface area contributed by atoms with Crippen molar-refractivity contribution in [3.05, 3.63) is 77.6 Å². The maximum absolute atomic E-state index is 12.8. The fourth-order valence-electron chi connectivity index (χ4n) is 1.87. The highest BCUT2D eigenvalue weighted by molar-refractivity contribution is 5.94. The van der Waals surface area contributed by atoms with Crippen LogP contribution in [0, 0.1) is 5.82 Å². The molecule has 0 spiro atoms. The minimum absolute atomic E-state index is 0.364. The molecule has 2 N–H and O–H groups in total. The summed E-state index contributed by atoms with van der Waals surface area (Å²) in [4.78, 5) is 23.1. The van der Waals surface area contributed by atoms with Gasteiger partial charge in [-0.05, 0) is 29.3 Å². The molecule has 4 nitrogen and oxygen atoms in total. The van der Waals surface area contributed by atoms with Gasteiger partial charge in [0.25, 0.3) is 0 Å². The van der Waals surface area contributed by atoms with Crippen LogP contribution in [0.2, 0.25) is 0 Å². The molecule has 0 radical (unpaired) electrons. The molecular formula is C17H14FNO3. The standard InChI is InChI=1S/C17H14FNO3/c18-14-9-6-12(7-10-14)8-11-15(20)19-16(17(21)22)13-4-2-1-3-5-13/h1-11,16H,(H,19,20)(H,21,22)/b11-8+. The summed E-state index contributed by atoms with van der Waals surface area (Å²) < 4.78 is 12.8. The Hall–Kier alpha value is -2.95. The van der Waals surface area contributed by atoms with Crippen LogP contribution in [0.15, 0.2) is 60.7 Å². The summed E-state index contributed by atoms with van der Waals surface area (Å²) in [6, 6.07) is 12.9. The van der Waals surface area contributed by atoms with Crippen molar-refractivity contribution in [2.75, 3.05) is 0 Å². The average Bonchev–Trinajstić information content (AvgIpc) is 2.52. The predicted octanol–water partition coefficient (Wildman–Crippen LogP) is 2.78. The van der Waals surface area contributed by atoms with Gasteiger partial charge in [-0.2, -0.15) is 0 Å². The third kappa shape index (κ3) is 4.28. The molecule has 0 aliphatic carbocycles. The van der Waals surface area contributed by atoms with Crippen molar-refractivity contribution in [1.29, 1.82) is 0 Å². The Labute approximate surface area is 126 Å². The molecule has 0 saturated heterocycles. The number of hydrogen-bond acceptors (Lipinski definition) is 2. The van der Waals surface area contributed by atoms with Crippen LogP contribution in [0.4, 0.5) is 4.39 Å². The molecule has 0 saturated carbocycles. The van der Waals surface area contributed by atoms with Crippen LogP contribution in [0.3, 0.4) is 0 Å². The summed E-state index contributed by atoms with van der Waals surface area (Å²) in [5.41, 5.74) is 1.13. The van der Waals surface area contributed by atoms with Crippen molar-refractivity contribution in [1.82, 2.24) is 5.32 Å². The summed E-state index contributed by atoms with van der Waals surface area (Å²) in [6.45, 7) is 0. The van der Waals surface area contributed by atoms with E-state index in [0.717, 1.165) is 0 Å². The van der Waals surface area contributed by atoms with Crippen molar-refractivity contribution >= 4 is 18.0 Å². The van der Waals surface area contributed by atoms with Gasteiger partial charge in [0.1, 0.15) is 5.82 Å². The smallest absolute Gasteiger partial charge is 0.330 e. The summed E-state index contributed by atoms with van der Waals surface area (Å²) >= 11 is 0. The van der Waals surface area contributed by atoms with Crippen LogP contribution in [0.25, 0.3) is 6.08 Å². The van der Waals surface area contributed by atoms with Crippen molar-refractivity contribution in [3.8, 4) is 0 Å². The fraction of sp³-hybridized carbons (Fsp3) is 0.0588. The second-order valence-corrected chi connectivity index (χ2v) is 4.58. The lowest BCUT2D eigenvalue weighted by Crippen LogP contribution is -2.32. The molecule has 0 fully saturated rings. The lowest BCUT2D eigenvalue weighted by Gasteiger charge is -2.13. The first-order chi connectivity index (χ1) is 10.6. The number of carbonyl (C=O) groups excluding carboxylic acids is 1. The van der Waals surface area contributed by atoms with Gasteiger partial charge in [-0.3, -0.25) is 4.79 Å². The molecule has 2 aromatic rings. The average molecular weight is 299 g/mol. The molecule has 5 heteroatoms. The fourth-order valence-corrected chi connectivity index (χ4v) is 1.87. The van der Waals surface area contributed by atoms with Crippen molar-refractivity contribution in [3.63, 3.8) is 0 Å². The van der Waals surface area contributed by atoms with Gasteiger partial charge in [-0.1, -0.05) is 42.5 Å². The quantitative estimate of drug-likeness (QED) is 0.834. The summed E-state index contributed by atoms with van der Waals surface area (Å²) in [5, 5.41) is 11.6. The van der Waals surface area contributed by atoms with Gasteiger partial charge in [0.15, 0.2) is 6.04 Å². The Kier molecular flexibility index (Phi) is 5.03. The Morgan fingerprint density at radius 1 is 1.05 bits per heavy atom. The molecule has 22 heavy (non-hydrogen) atoms. The normalized spacial score (nSPS) is 12.0. The largest absolute Gasteiger partial charge is 0.479 e. The predicted molar refractivity (Wildman–Crippen MR) is 80.4 cm³/mol. The van der Waals surface area contributed by atoms with Crippen LogP contribution >= 0.6 is 0 Å². The van der Waals surface area contributed by atoms with E-state index in [1.54, 1.807) is 30.3 Å². The highest BCUT2D eigenvalue weighted by Gasteiger charge is 2.20. The summed E-state index contributed by atoms with van der Waals surface area (Å²) in [7, 11) is 0. The van der Waals surface area contributed by atoms with Crippen LogP contribution < -0.4 is 5.32 Å². The minimum atomic E-state index is -1.14. The number of benzene rings is 2. The number of hydrogen-bond donors (Lipinski definition) is 2. The third-order valence-electron chi connectivity index (χ3n) is 2.96. The molecule has 1 atom stereocenters. The zero-order valence-corrected chi connectivity index (χ0v) is 11.6. The van der Waals surface area contributed by atoms with Gasteiger partial charge in [0, 0.05) is 6.08 Å². The van der Waals surface area contributed by atoms with Gasteiger partial charge in [-0.25, -0.2) is 9.18 Å². The number of carboxylic acid groups (broad SMARTS) is 1. The lowest BCUT2D eigenvalue weighted by molar-refractivity contribution is -0.141. The molecule has 1 amide bonds. The van der Waals surface area contributed by atoms with Crippen LogP contribution in [-0.4, -0.2) is 17.0 Å². The van der Waals surface area contributed by atoms with E-state index in [2.05, 4.69) is 5.32 Å². The van der Waals surface area contributed by atoms with E-state index in [-0.39, 0.29) is 5.82 Å². The number of nitrogens with one attached hydrogen (secondary N) is 1. The van der Waals surface area contributed by atoms with Crippen LogP contribution in [0.1, 0.15) is 17.2 Å². The summed E-state index contributed by atoms with van der Waals surface area (Å²) in [6.07, 6.45) is 2.70. The van der Waals surface area contributed by atoms with Gasteiger partial charge >= 0.3 is 5.97 Å². The Balaban J connectivity index is 2.06. The molecule has 2 rings (SSSR count).